The van der Waals surface area contributed by atoms with Crippen molar-refractivity contribution in [3.05, 3.63) is 64.3 Å². The maximum Gasteiger partial charge on any atom is 0.298 e. The zero-order valence-corrected chi connectivity index (χ0v) is 11.5. The van der Waals surface area contributed by atoms with E-state index in [-0.39, 0.29) is 10.7 Å². The Morgan fingerprint density at radius 2 is 1.90 bits per heavy atom. The number of aliphatic hydroxyl groups excluding tert-OH is 1. The summed E-state index contributed by atoms with van der Waals surface area (Å²) >= 11 is 0. The highest BCUT2D eigenvalue weighted by molar-refractivity contribution is 7.90. The first-order valence-corrected chi connectivity index (χ1v) is 7.26. The molecule has 1 aromatic carbocycles. The molecule has 0 fully saturated rings. The fourth-order valence-corrected chi connectivity index (χ4v) is 2.56. The van der Waals surface area contributed by atoms with E-state index in [1.807, 2.05) is 30.3 Å². The summed E-state index contributed by atoms with van der Waals surface area (Å²) in [5.41, 5.74) is 1.16. The molecule has 6 heteroatoms. The fraction of sp³-hybridized carbons (Fsp3) is 0.143. The van der Waals surface area contributed by atoms with Gasteiger partial charge >= 0.3 is 0 Å². The lowest BCUT2D eigenvalue weighted by Gasteiger charge is -2.18. The summed E-state index contributed by atoms with van der Waals surface area (Å²) in [4.78, 5) is -0.368. The molecular weight excluding hydrogens is 280 g/mol. The van der Waals surface area contributed by atoms with Crippen molar-refractivity contribution in [1.82, 2.24) is 0 Å². The molecule has 0 saturated carbocycles. The quantitative estimate of drug-likeness (QED) is 0.830. The lowest BCUT2D eigenvalue weighted by Crippen LogP contribution is -2.17. The second-order valence-corrected chi connectivity index (χ2v) is 5.61. The first-order valence-electron chi connectivity index (χ1n) is 5.82. The van der Waals surface area contributed by atoms with Crippen LogP contribution in [0.15, 0.2) is 58.7 Å². The van der Waals surface area contributed by atoms with Crippen LogP contribution in [0, 0.1) is 0 Å². The van der Waals surface area contributed by atoms with Gasteiger partial charge in [-0.05, 0) is 29.4 Å². The van der Waals surface area contributed by atoms with E-state index < -0.39 is 16.2 Å². The van der Waals surface area contributed by atoms with E-state index in [0.29, 0.717) is 5.57 Å². The standard InChI is InChI=1S/C14H14O5S/c1-19-13-9-12(15)11(8-14(13)20(16,17)18)7-10-5-3-2-4-6-10/h2-9,12,15H,1H3,(H,16,17,18). The molecule has 106 valence electrons. The Labute approximate surface area is 117 Å². The largest absolute Gasteiger partial charge is 0.496 e. The average molecular weight is 294 g/mol. The van der Waals surface area contributed by atoms with E-state index in [2.05, 4.69) is 0 Å². The third-order valence-corrected chi connectivity index (χ3v) is 3.70. The SMILES string of the molecule is COC1=CC(O)C(=Cc2ccccc2)C=C1S(=O)(=O)O. The number of ether oxygens (including phenoxy) is 1. The second-order valence-electron chi connectivity index (χ2n) is 4.22. The van der Waals surface area contributed by atoms with E-state index in [4.69, 9.17) is 4.74 Å². The van der Waals surface area contributed by atoms with Gasteiger partial charge in [0.05, 0.1) is 7.11 Å². The number of hydrogen-bond acceptors (Lipinski definition) is 4. The normalized spacial score (nSPS) is 21.4. The van der Waals surface area contributed by atoms with Gasteiger partial charge in [0.2, 0.25) is 0 Å². The molecule has 0 bridgehead atoms. The van der Waals surface area contributed by atoms with Crippen molar-refractivity contribution >= 4 is 16.2 Å². The Hall–Kier alpha value is -1.89. The monoisotopic (exact) mass is 294 g/mol. The van der Waals surface area contributed by atoms with Crippen molar-refractivity contribution in [3.8, 4) is 0 Å². The molecule has 2 N–H and O–H groups in total. The average Bonchev–Trinajstić information content (AvgIpc) is 2.40. The van der Waals surface area contributed by atoms with Crippen molar-refractivity contribution in [2.75, 3.05) is 7.11 Å². The summed E-state index contributed by atoms with van der Waals surface area (Å²) < 4.78 is 36.7. The van der Waals surface area contributed by atoms with Crippen LogP contribution < -0.4 is 0 Å². The fourth-order valence-electron chi connectivity index (χ4n) is 1.87. The number of rotatable bonds is 3. The third-order valence-electron chi connectivity index (χ3n) is 2.82. The molecule has 0 spiro atoms. The summed E-state index contributed by atoms with van der Waals surface area (Å²) in [6.07, 6.45) is 3.07. The number of methoxy groups -OCH3 is 1. The molecule has 1 atom stereocenters. The molecule has 0 amide bonds. The van der Waals surface area contributed by atoms with Gasteiger partial charge in [-0.25, -0.2) is 0 Å². The molecule has 0 aromatic heterocycles. The lowest BCUT2D eigenvalue weighted by molar-refractivity contribution is 0.242. The van der Waals surface area contributed by atoms with Gasteiger partial charge in [-0.3, -0.25) is 4.55 Å². The van der Waals surface area contributed by atoms with Gasteiger partial charge in [-0.15, -0.1) is 0 Å². The zero-order chi connectivity index (χ0) is 14.8. The Balaban J connectivity index is 2.49. The molecular formula is C14H14O5S. The number of benzene rings is 1. The van der Waals surface area contributed by atoms with Crippen LogP contribution in [-0.2, 0) is 14.9 Å². The summed E-state index contributed by atoms with van der Waals surface area (Å²) in [6.45, 7) is 0. The van der Waals surface area contributed by atoms with E-state index >= 15 is 0 Å². The highest BCUT2D eigenvalue weighted by Gasteiger charge is 2.26. The zero-order valence-electron chi connectivity index (χ0n) is 10.7. The topological polar surface area (TPSA) is 83.8 Å². The van der Waals surface area contributed by atoms with E-state index in [1.165, 1.54) is 19.3 Å². The molecule has 0 saturated heterocycles. The van der Waals surface area contributed by atoms with Gasteiger partial charge in [0.25, 0.3) is 10.1 Å². The molecule has 0 heterocycles. The van der Waals surface area contributed by atoms with Gasteiger partial charge in [0.15, 0.2) is 0 Å². The summed E-state index contributed by atoms with van der Waals surface area (Å²) in [5.74, 6) is -0.0785. The number of hydrogen-bond donors (Lipinski definition) is 2. The Bertz CT molecular complexity index is 684. The number of aliphatic hydroxyl groups is 1. The Morgan fingerprint density at radius 1 is 1.25 bits per heavy atom. The molecule has 1 aliphatic rings. The first-order chi connectivity index (χ1) is 9.41. The second kappa shape index (κ2) is 5.62. The van der Waals surface area contributed by atoms with Crippen LogP contribution in [0.25, 0.3) is 6.08 Å². The van der Waals surface area contributed by atoms with Gasteiger partial charge < -0.3 is 9.84 Å². The molecule has 1 aromatic rings. The molecule has 1 unspecified atom stereocenters. The van der Waals surface area contributed by atoms with Crippen LogP contribution in [0.2, 0.25) is 0 Å². The van der Waals surface area contributed by atoms with E-state index in [1.54, 1.807) is 6.08 Å². The van der Waals surface area contributed by atoms with Crippen LogP contribution in [0.1, 0.15) is 5.56 Å². The van der Waals surface area contributed by atoms with Crippen LogP contribution in [0.5, 0.6) is 0 Å². The van der Waals surface area contributed by atoms with Crippen molar-refractivity contribution < 1.29 is 22.8 Å². The maximum atomic E-state index is 11.3. The summed E-state index contributed by atoms with van der Waals surface area (Å²) in [5, 5.41) is 9.97. The molecule has 20 heavy (non-hydrogen) atoms. The lowest BCUT2D eigenvalue weighted by atomic mass is 10.0. The first kappa shape index (κ1) is 14.5. The summed E-state index contributed by atoms with van der Waals surface area (Å²) in [7, 11) is -3.15. The minimum absolute atomic E-state index is 0.0785. The maximum absolute atomic E-state index is 11.3. The smallest absolute Gasteiger partial charge is 0.298 e. The molecule has 5 nitrogen and oxygen atoms in total. The van der Waals surface area contributed by atoms with Gasteiger partial charge in [-0.2, -0.15) is 8.42 Å². The summed E-state index contributed by atoms with van der Waals surface area (Å²) in [6, 6.07) is 9.13. The molecule has 0 aliphatic heterocycles. The Kier molecular flexibility index (Phi) is 4.08. The molecule has 1 aliphatic carbocycles. The van der Waals surface area contributed by atoms with Crippen molar-refractivity contribution in [3.63, 3.8) is 0 Å². The van der Waals surface area contributed by atoms with Gasteiger partial charge in [0.1, 0.15) is 16.8 Å². The molecule has 0 radical (unpaired) electrons. The third kappa shape index (κ3) is 3.16. The van der Waals surface area contributed by atoms with Crippen LogP contribution in [-0.4, -0.2) is 31.3 Å². The van der Waals surface area contributed by atoms with Gasteiger partial charge in [-0.1, -0.05) is 30.3 Å². The highest BCUT2D eigenvalue weighted by atomic mass is 32.2. The van der Waals surface area contributed by atoms with Gasteiger partial charge in [0, 0.05) is 0 Å². The van der Waals surface area contributed by atoms with Crippen molar-refractivity contribution in [1.29, 1.82) is 0 Å². The highest BCUT2D eigenvalue weighted by Crippen LogP contribution is 2.28. The van der Waals surface area contributed by atoms with E-state index in [9.17, 15) is 18.1 Å². The molecule has 2 rings (SSSR count). The van der Waals surface area contributed by atoms with Crippen molar-refractivity contribution in [2.24, 2.45) is 0 Å². The van der Waals surface area contributed by atoms with E-state index in [0.717, 1.165) is 5.56 Å². The van der Waals surface area contributed by atoms with Crippen LogP contribution >= 0.6 is 0 Å². The Morgan fingerprint density at radius 3 is 2.45 bits per heavy atom. The van der Waals surface area contributed by atoms with Crippen LogP contribution in [0.3, 0.4) is 0 Å². The predicted octanol–water partition coefficient (Wildman–Crippen LogP) is 1.75. The predicted molar refractivity (Wildman–Crippen MR) is 75.1 cm³/mol. The van der Waals surface area contributed by atoms with Crippen molar-refractivity contribution in [2.45, 2.75) is 6.10 Å². The minimum Gasteiger partial charge on any atom is -0.496 e. The minimum atomic E-state index is -4.42. The van der Waals surface area contributed by atoms with Crippen LogP contribution in [0.4, 0.5) is 0 Å².